The van der Waals surface area contributed by atoms with Gasteiger partial charge >= 0.3 is 0 Å². The van der Waals surface area contributed by atoms with Crippen LogP contribution in [0.2, 0.25) is 4.34 Å². The monoisotopic (exact) mass is 254 g/mol. The van der Waals surface area contributed by atoms with Crippen molar-refractivity contribution < 1.29 is 0 Å². The number of hydrazine groups is 1. The molecule has 0 saturated carbocycles. The van der Waals surface area contributed by atoms with E-state index in [0.717, 1.165) is 21.3 Å². The highest BCUT2D eigenvalue weighted by Crippen LogP contribution is 2.29. The standard InChI is InChI=1S/C10H11ClN4S/c1-2-6-5-9(15-12)14-10(13-6)7-3-4-8(11)16-7/h3-5H,2,12H2,1H3,(H,13,14,15). The van der Waals surface area contributed by atoms with Crippen LogP contribution in [0.3, 0.4) is 0 Å². The van der Waals surface area contributed by atoms with Gasteiger partial charge in [0.05, 0.1) is 9.21 Å². The summed E-state index contributed by atoms with van der Waals surface area (Å²) in [5, 5.41) is 0. The first-order valence-electron chi connectivity index (χ1n) is 4.83. The lowest BCUT2D eigenvalue weighted by molar-refractivity contribution is 1.00. The fourth-order valence-electron chi connectivity index (χ4n) is 1.30. The zero-order valence-corrected chi connectivity index (χ0v) is 10.3. The number of anilines is 1. The van der Waals surface area contributed by atoms with Gasteiger partial charge in [-0.3, -0.25) is 0 Å². The van der Waals surface area contributed by atoms with Gasteiger partial charge in [0.1, 0.15) is 5.82 Å². The first kappa shape index (κ1) is 11.3. The van der Waals surface area contributed by atoms with Gasteiger partial charge in [-0.15, -0.1) is 11.3 Å². The Morgan fingerprint density at radius 2 is 2.25 bits per heavy atom. The summed E-state index contributed by atoms with van der Waals surface area (Å²) in [6.07, 6.45) is 0.837. The number of aromatic nitrogens is 2. The van der Waals surface area contributed by atoms with Gasteiger partial charge in [-0.2, -0.15) is 0 Å². The zero-order valence-electron chi connectivity index (χ0n) is 8.70. The molecule has 0 atom stereocenters. The number of thiophene rings is 1. The first-order chi connectivity index (χ1) is 7.72. The Hall–Kier alpha value is -1.17. The highest BCUT2D eigenvalue weighted by Gasteiger charge is 2.07. The van der Waals surface area contributed by atoms with E-state index in [1.165, 1.54) is 11.3 Å². The number of halogens is 1. The fraction of sp³-hybridized carbons (Fsp3) is 0.200. The maximum Gasteiger partial charge on any atom is 0.171 e. The minimum absolute atomic E-state index is 0.617. The number of hydrogen-bond donors (Lipinski definition) is 2. The molecular formula is C10H11ClN4S. The first-order valence-corrected chi connectivity index (χ1v) is 6.02. The lowest BCUT2D eigenvalue weighted by atomic mass is 10.3. The Balaban J connectivity index is 2.47. The molecule has 4 nitrogen and oxygen atoms in total. The van der Waals surface area contributed by atoms with Crippen molar-refractivity contribution in [2.45, 2.75) is 13.3 Å². The molecule has 2 aromatic heterocycles. The molecule has 0 amide bonds. The number of nitrogen functional groups attached to an aromatic ring is 1. The van der Waals surface area contributed by atoms with Crippen LogP contribution in [0.5, 0.6) is 0 Å². The van der Waals surface area contributed by atoms with Crippen molar-refractivity contribution >= 4 is 28.8 Å². The predicted octanol–water partition coefficient (Wildman–Crippen LogP) is 2.71. The van der Waals surface area contributed by atoms with Crippen molar-refractivity contribution in [2.75, 3.05) is 5.43 Å². The Morgan fingerprint density at radius 3 is 2.81 bits per heavy atom. The van der Waals surface area contributed by atoms with E-state index in [1.54, 1.807) is 0 Å². The Bertz CT molecular complexity index is 475. The molecule has 0 aliphatic carbocycles. The summed E-state index contributed by atoms with van der Waals surface area (Å²) >= 11 is 7.33. The number of nitrogens with two attached hydrogens (primary N) is 1. The van der Waals surface area contributed by atoms with E-state index in [1.807, 2.05) is 25.1 Å². The third kappa shape index (κ3) is 2.32. The number of nitrogens with one attached hydrogen (secondary N) is 1. The second kappa shape index (κ2) is 4.78. The number of nitrogens with zero attached hydrogens (tertiary/aromatic N) is 2. The number of aryl methyl sites for hydroxylation is 1. The maximum absolute atomic E-state index is 5.88. The molecule has 0 spiro atoms. The zero-order chi connectivity index (χ0) is 11.5. The predicted molar refractivity (Wildman–Crippen MR) is 67.5 cm³/mol. The maximum atomic E-state index is 5.88. The van der Waals surface area contributed by atoms with Gasteiger partial charge in [-0.1, -0.05) is 18.5 Å². The molecule has 0 saturated heterocycles. The molecule has 84 valence electrons. The molecule has 0 radical (unpaired) electrons. The van der Waals surface area contributed by atoms with Gasteiger partial charge < -0.3 is 5.43 Å². The summed E-state index contributed by atoms with van der Waals surface area (Å²) in [5.74, 6) is 6.64. The van der Waals surface area contributed by atoms with Crippen LogP contribution in [0.4, 0.5) is 5.82 Å². The van der Waals surface area contributed by atoms with Crippen LogP contribution in [-0.2, 0) is 6.42 Å². The van der Waals surface area contributed by atoms with Crippen molar-refractivity contribution in [3.05, 3.63) is 28.2 Å². The van der Waals surface area contributed by atoms with E-state index in [2.05, 4.69) is 15.4 Å². The summed E-state index contributed by atoms with van der Waals surface area (Å²) in [6.45, 7) is 2.04. The average Bonchev–Trinajstić information content (AvgIpc) is 2.75. The second-order valence-electron chi connectivity index (χ2n) is 3.17. The summed E-state index contributed by atoms with van der Waals surface area (Å²) < 4.78 is 0.725. The average molecular weight is 255 g/mol. The molecule has 2 rings (SSSR count). The topological polar surface area (TPSA) is 63.8 Å². The van der Waals surface area contributed by atoms with Crippen LogP contribution >= 0.6 is 22.9 Å². The van der Waals surface area contributed by atoms with E-state index in [-0.39, 0.29) is 0 Å². The number of rotatable bonds is 3. The van der Waals surface area contributed by atoms with Crippen LogP contribution in [-0.4, -0.2) is 9.97 Å². The number of hydrogen-bond acceptors (Lipinski definition) is 5. The van der Waals surface area contributed by atoms with E-state index in [9.17, 15) is 0 Å². The highest BCUT2D eigenvalue weighted by atomic mass is 35.5. The van der Waals surface area contributed by atoms with E-state index < -0.39 is 0 Å². The van der Waals surface area contributed by atoms with Gasteiger partial charge in [0.15, 0.2) is 5.82 Å². The molecular weight excluding hydrogens is 244 g/mol. The second-order valence-corrected chi connectivity index (χ2v) is 4.88. The minimum atomic E-state index is 0.617. The van der Waals surface area contributed by atoms with Crippen LogP contribution < -0.4 is 11.3 Å². The molecule has 3 N–H and O–H groups in total. The van der Waals surface area contributed by atoms with Crippen molar-refractivity contribution in [3.8, 4) is 10.7 Å². The van der Waals surface area contributed by atoms with Gasteiger partial charge in [0, 0.05) is 11.8 Å². The molecule has 0 aromatic carbocycles. The normalized spacial score (nSPS) is 10.4. The van der Waals surface area contributed by atoms with Crippen LogP contribution in [0, 0.1) is 0 Å². The van der Waals surface area contributed by atoms with E-state index in [0.29, 0.717) is 11.6 Å². The Kier molecular flexibility index (Phi) is 3.38. The quantitative estimate of drug-likeness (QED) is 0.653. The Labute approximate surface area is 102 Å². The van der Waals surface area contributed by atoms with Crippen LogP contribution in [0.25, 0.3) is 10.7 Å². The SMILES string of the molecule is CCc1cc(NN)nc(-c2ccc(Cl)s2)n1. The lowest BCUT2D eigenvalue weighted by Crippen LogP contribution is -2.10. The molecule has 16 heavy (non-hydrogen) atoms. The summed E-state index contributed by atoms with van der Waals surface area (Å²) in [7, 11) is 0. The third-order valence-corrected chi connectivity index (χ3v) is 3.31. The molecule has 0 unspecified atom stereocenters. The molecule has 0 aliphatic rings. The van der Waals surface area contributed by atoms with Crippen molar-refractivity contribution in [1.29, 1.82) is 0 Å². The molecule has 2 heterocycles. The van der Waals surface area contributed by atoms with Gasteiger partial charge in [0.2, 0.25) is 0 Å². The smallest absolute Gasteiger partial charge is 0.171 e. The molecule has 0 bridgehead atoms. The minimum Gasteiger partial charge on any atom is -0.308 e. The molecule has 0 fully saturated rings. The highest BCUT2D eigenvalue weighted by molar-refractivity contribution is 7.19. The van der Waals surface area contributed by atoms with Crippen molar-refractivity contribution in [1.82, 2.24) is 9.97 Å². The van der Waals surface area contributed by atoms with Crippen molar-refractivity contribution in [2.24, 2.45) is 5.84 Å². The molecule has 2 aromatic rings. The summed E-state index contributed by atoms with van der Waals surface area (Å²) in [4.78, 5) is 9.66. The van der Waals surface area contributed by atoms with Gasteiger partial charge in [-0.25, -0.2) is 15.8 Å². The lowest BCUT2D eigenvalue weighted by Gasteiger charge is -2.04. The van der Waals surface area contributed by atoms with E-state index >= 15 is 0 Å². The van der Waals surface area contributed by atoms with Gasteiger partial charge in [0.25, 0.3) is 0 Å². The Morgan fingerprint density at radius 1 is 1.44 bits per heavy atom. The molecule has 6 heteroatoms. The van der Waals surface area contributed by atoms with Gasteiger partial charge in [-0.05, 0) is 18.6 Å². The van der Waals surface area contributed by atoms with E-state index in [4.69, 9.17) is 17.4 Å². The largest absolute Gasteiger partial charge is 0.308 e. The fourth-order valence-corrected chi connectivity index (χ4v) is 2.27. The summed E-state index contributed by atoms with van der Waals surface area (Å²) in [5.41, 5.74) is 3.49. The summed E-state index contributed by atoms with van der Waals surface area (Å²) in [6, 6.07) is 5.57. The van der Waals surface area contributed by atoms with Crippen LogP contribution in [0.1, 0.15) is 12.6 Å². The molecule has 0 aliphatic heterocycles. The third-order valence-electron chi connectivity index (χ3n) is 2.08. The van der Waals surface area contributed by atoms with Crippen LogP contribution in [0.15, 0.2) is 18.2 Å². The van der Waals surface area contributed by atoms with Crippen molar-refractivity contribution in [3.63, 3.8) is 0 Å².